The molecule has 3 rings (SSSR count). The SMILES string of the molecule is CC(/C=C/C1(F)CC1c1ccc(Br)c(Br)c1)=C\C(=O)Nc1cccnc1. The number of nitrogens with one attached hydrogen (secondary N) is 1. The van der Waals surface area contributed by atoms with Gasteiger partial charge in [0.25, 0.3) is 0 Å². The summed E-state index contributed by atoms with van der Waals surface area (Å²) < 4.78 is 16.7. The van der Waals surface area contributed by atoms with E-state index in [1.54, 1.807) is 43.6 Å². The van der Waals surface area contributed by atoms with Crippen molar-refractivity contribution in [2.24, 2.45) is 0 Å². The van der Waals surface area contributed by atoms with Crippen LogP contribution in [0.5, 0.6) is 0 Å². The Balaban J connectivity index is 1.62. The minimum Gasteiger partial charge on any atom is -0.321 e. The van der Waals surface area contributed by atoms with Gasteiger partial charge in [0.15, 0.2) is 0 Å². The summed E-state index contributed by atoms with van der Waals surface area (Å²) in [5.74, 6) is -0.419. The van der Waals surface area contributed by atoms with Crippen molar-refractivity contribution < 1.29 is 9.18 Å². The largest absolute Gasteiger partial charge is 0.321 e. The highest BCUT2D eigenvalue weighted by molar-refractivity contribution is 9.13. The van der Waals surface area contributed by atoms with Gasteiger partial charge in [-0.1, -0.05) is 12.1 Å². The topological polar surface area (TPSA) is 42.0 Å². The van der Waals surface area contributed by atoms with Crippen molar-refractivity contribution in [3.63, 3.8) is 0 Å². The van der Waals surface area contributed by atoms with Gasteiger partial charge >= 0.3 is 0 Å². The van der Waals surface area contributed by atoms with Crippen molar-refractivity contribution in [1.29, 1.82) is 0 Å². The monoisotopic (exact) mass is 478 g/mol. The number of nitrogens with zero attached hydrogens (tertiary/aromatic N) is 1. The molecule has 0 radical (unpaired) electrons. The third kappa shape index (κ3) is 4.68. The molecular weight excluding hydrogens is 463 g/mol. The minimum atomic E-state index is -1.36. The minimum absolute atomic E-state index is 0.153. The number of allylic oxidation sites excluding steroid dienone is 3. The fourth-order valence-electron chi connectivity index (χ4n) is 2.70. The molecule has 1 fully saturated rings. The molecule has 134 valence electrons. The lowest BCUT2D eigenvalue weighted by Gasteiger charge is -2.05. The molecule has 1 heterocycles. The zero-order valence-electron chi connectivity index (χ0n) is 14.0. The van der Waals surface area contributed by atoms with Crippen LogP contribution in [0.2, 0.25) is 0 Å². The zero-order valence-corrected chi connectivity index (χ0v) is 17.2. The van der Waals surface area contributed by atoms with Crippen LogP contribution in [0.1, 0.15) is 24.8 Å². The number of benzene rings is 1. The first kappa shape index (κ1) is 19.0. The van der Waals surface area contributed by atoms with Gasteiger partial charge in [-0.3, -0.25) is 9.78 Å². The van der Waals surface area contributed by atoms with Crippen LogP contribution < -0.4 is 5.32 Å². The molecule has 2 atom stereocenters. The Morgan fingerprint density at radius 3 is 2.85 bits per heavy atom. The van der Waals surface area contributed by atoms with Gasteiger partial charge in [0.2, 0.25) is 5.91 Å². The highest BCUT2D eigenvalue weighted by atomic mass is 79.9. The van der Waals surface area contributed by atoms with Crippen molar-refractivity contribution in [2.45, 2.75) is 24.9 Å². The molecule has 6 heteroatoms. The summed E-state index contributed by atoms with van der Waals surface area (Å²) in [7, 11) is 0. The Bertz CT molecular complexity index is 883. The summed E-state index contributed by atoms with van der Waals surface area (Å²) in [6.45, 7) is 1.77. The number of pyridine rings is 1. The van der Waals surface area contributed by atoms with E-state index in [0.29, 0.717) is 17.7 Å². The van der Waals surface area contributed by atoms with E-state index in [1.807, 2.05) is 18.2 Å². The molecule has 1 N–H and O–H groups in total. The van der Waals surface area contributed by atoms with Gasteiger partial charge in [0.05, 0.1) is 11.9 Å². The molecule has 2 unspecified atom stereocenters. The number of alkyl halides is 1. The van der Waals surface area contributed by atoms with Crippen LogP contribution in [0, 0.1) is 0 Å². The number of aromatic nitrogens is 1. The average molecular weight is 480 g/mol. The quantitative estimate of drug-likeness (QED) is 0.425. The smallest absolute Gasteiger partial charge is 0.248 e. The molecule has 1 aromatic heterocycles. The number of carbonyl (C=O) groups is 1. The predicted octanol–water partition coefficient (Wildman–Crippen LogP) is 5.94. The van der Waals surface area contributed by atoms with E-state index >= 15 is 0 Å². The molecule has 1 saturated carbocycles. The van der Waals surface area contributed by atoms with Crippen molar-refractivity contribution in [1.82, 2.24) is 4.98 Å². The third-order valence-electron chi connectivity index (χ3n) is 4.19. The van der Waals surface area contributed by atoms with Crippen molar-refractivity contribution in [2.75, 3.05) is 5.32 Å². The number of hydrogen-bond acceptors (Lipinski definition) is 2. The summed E-state index contributed by atoms with van der Waals surface area (Å²) in [6, 6.07) is 9.28. The second-order valence-electron chi connectivity index (χ2n) is 6.31. The van der Waals surface area contributed by atoms with E-state index in [0.717, 1.165) is 14.5 Å². The molecule has 1 aromatic carbocycles. The summed E-state index contributed by atoms with van der Waals surface area (Å²) in [4.78, 5) is 15.9. The van der Waals surface area contributed by atoms with Crippen LogP contribution in [0.15, 0.2) is 75.5 Å². The molecule has 0 spiro atoms. The third-order valence-corrected chi connectivity index (χ3v) is 6.07. The van der Waals surface area contributed by atoms with Gasteiger partial charge in [-0.25, -0.2) is 4.39 Å². The van der Waals surface area contributed by atoms with E-state index in [2.05, 4.69) is 42.2 Å². The summed E-state index contributed by atoms with van der Waals surface area (Å²) in [5.41, 5.74) is 0.909. The van der Waals surface area contributed by atoms with Crippen molar-refractivity contribution in [3.8, 4) is 0 Å². The standard InChI is InChI=1S/C20H17Br2FN2O/c1-13(9-19(26)25-15-3-2-8-24-12-15)6-7-20(23)11-16(20)14-4-5-17(21)18(22)10-14/h2-10,12,16H,11H2,1H3,(H,25,26)/b7-6+,13-9+. The van der Waals surface area contributed by atoms with Crippen LogP contribution >= 0.6 is 31.9 Å². The summed E-state index contributed by atoms with van der Waals surface area (Å²) >= 11 is 6.87. The lowest BCUT2D eigenvalue weighted by molar-refractivity contribution is -0.111. The molecule has 1 amide bonds. The molecular formula is C20H17Br2FN2O. The maximum atomic E-state index is 14.9. The molecule has 26 heavy (non-hydrogen) atoms. The zero-order chi connectivity index (χ0) is 18.7. The molecule has 1 aliphatic carbocycles. The first-order chi connectivity index (χ1) is 12.4. The van der Waals surface area contributed by atoms with Crippen LogP contribution in [-0.4, -0.2) is 16.6 Å². The van der Waals surface area contributed by atoms with Gasteiger partial charge in [-0.15, -0.1) is 0 Å². The van der Waals surface area contributed by atoms with Crippen molar-refractivity contribution >= 4 is 43.5 Å². The number of hydrogen-bond donors (Lipinski definition) is 1. The molecule has 0 aliphatic heterocycles. The average Bonchev–Trinajstić information content (AvgIpc) is 3.28. The summed E-state index contributed by atoms with van der Waals surface area (Å²) in [5, 5.41) is 2.72. The maximum absolute atomic E-state index is 14.9. The molecule has 0 saturated heterocycles. The van der Waals surface area contributed by atoms with E-state index < -0.39 is 5.67 Å². The predicted molar refractivity (Wildman–Crippen MR) is 109 cm³/mol. The molecule has 3 nitrogen and oxygen atoms in total. The Morgan fingerprint density at radius 1 is 1.35 bits per heavy atom. The number of rotatable bonds is 5. The first-order valence-corrected chi connectivity index (χ1v) is 9.68. The fourth-order valence-corrected chi connectivity index (χ4v) is 3.35. The Hall–Kier alpha value is -1.79. The van der Waals surface area contributed by atoms with Gasteiger partial charge in [-0.05, 0) is 86.7 Å². The van der Waals surface area contributed by atoms with Crippen LogP contribution in [-0.2, 0) is 4.79 Å². The molecule has 1 aliphatic rings. The van der Waals surface area contributed by atoms with Gasteiger partial charge < -0.3 is 5.32 Å². The Labute approximate surface area is 168 Å². The Morgan fingerprint density at radius 2 is 2.15 bits per heavy atom. The normalized spacial score (nSPS) is 22.5. The van der Waals surface area contributed by atoms with Gasteiger partial charge in [0, 0.05) is 27.1 Å². The highest BCUT2D eigenvalue weighted by Crippen LogP contribution is 2.56. The lowest BCUT2D eigenvalue weighted by atomic mass is 10.1. The fraction of sp³-hybridized carbons (Fsp3) is 0.200. The van der Waals surface area contributed by atoms with Crippen LogP contribution in [0.25, 0.3) is 0 Å². The van der Waals surface area contributed by atoms with E-state index in [1.165, 1.54) is 6.08 Å². The Kier molecular flexibility index (Phi) is 5.73. The maximum Gasteiger partial charge on any atom is 0.248 e. The molecule has 0 bridgehead atoms. The number of halogens is 3. The summed E-state index contributed by atoms with van der Waals surface area (Å²) in [6.07, 6.45) is 8.32. The number of amides is 1. The number of anilines is 1. The lowest BCUT2D eigenvalue weighted by Crippen LogP contribution is -2.08. The first-order valence-electron chi connectivity index (χ1n) is 8.10. The van der Waals surface area contributed by atoms with Gasteiger partial charge in [0.1, 0.15) is 5.67 Å². The second-order valence-corrected chi connectivity index (χ2v) is 8.02. The second kappa shape index (κ2) is 7.84. The van der Waals surface area contributed by atoms with E-state index in [-0.39, 0.29) is 11.8 Å². The van der Waals surface area contributed by atoms with Gasteiger partial charge in [-0.2, -0.15) is 0 Å². The highest BCUT2D eigenvalue weighted by Gasteiger charge is 2.54. The van der Waals surface area contributed by atoms with Crippen molar-refractivity contribution in [3.05, 3.63) is 81.0 Å². The van der Waals surface area contributed by atoms with E-state index in [9.17, 15) is 9.18 Å². The number of carbonyl (C=O) groups excluding carboxylic acids is 1. The molecule has 2 aromatic rings. The van der Waals surface area contributed by atoms with E-state index in [4.69, 9.17) is 0 Å². The van der Waals surface area contributed by atoms with Crippen LogP contribution in [0.4, 0.5) is 10.1 Å². The van der Waals surface area contributed by atoms with Crippen LogP contribution in [0.3, 0.4) is 0 Å².